The average Bonchev–Trinajstić information content (AvgIpc) is 3.47. The molecule has 2 atom stereocenters. The van der Waals surface area contributed by atoms with E-state index < -0.39 is 0 Å². The summed E-state index contributed by atoms with van der Waals surface area (Å²) in [6, 6.07) is 9.10. The number of piperidine rings is 1. The Morgan fingerprint density at radius 1 is 0.969 bits per heavy atom. The molecule has 2 fully saturated rings. The van der Waals surface area contributed by atoms with Gasteiger partial charge >= 0.3 is 0 Å². The predicted molar refractivity (Wildman–Crippen MR) is 130 cm³/mol. The summed E-state index contributed by atoms with van der Waals surface area (Å²) in [5.74, 6) is 1.07. The zero-order valence-corrected chi connectivity index (χ0v) is 19.5. The van der Waals surface area contributed by atoms with Crippen molar-refractivity contribution in [3.63, 3.8) is 0 Å². The number of H-pyrrole nitrogens is 1. The SMILES string of the molecule is CN1CCN(c2cccc3[nH]c(C4CCCC(c5nccc6scnc56)N4C)nc23)CC1. The number of nitrogens with zero attached hydrogens (tertiary/aromatic N) is 6. The third-order valence-electron chi connectivity index (χ3n) is 7.20. The van der Waals surface area contributed by atoms with Gasteiger partial charge in [-0.3, -0.25) is 9.88 Å². The van der Waals surface area contributed by atoms with E-state index >= 15 is 0 Å². The number of piperazine rings is 1. The molecule has 0 bridgehead atoms. The number of fused-ring (bicyclic) bond motifs is 2. The van der Waals surface area contributed by atoms with Crippen LogP contribution in [-0.2, 0) is 0 Å². The van der Waals surface area contributed by atoms with Crippen LogP contribution in [0.2, 0.25) is 0 Å². The van der Waals surface area contributed by atoms with E-state index in [0.717, 1.165) is 73.5 Å². The molecule has 1 aromatic carbocycles. The zero-order valence-electron chi connectivity index (χ0n) is 18.7. The van der Waals surface area contributed by atoms with Crippen molar-refractivity contribution in [2.75, 3.05) is 45.2 Å². The molecular weight excluding hydrogens is 418 g/mol. The van der Waals surface area contributed by atoms with Crippen molar-refractivity contribution in [2.45, 2.75) is 31.3 Å². The molecule has 2 aliphatic rings. The summed E-state index contributed by atoms with van der Waals surface area (Å²) in [5, 5.41) is 0. The Morgan fingerprint density at radius 3 is 2.69 bits per heavy atom. The van der Waals surface area contributed by atoms with E-state index in [1.165, 1.54) is 10.4 Å². The lowest BCUT2D eigenvalue weighted by Crippen LogP contribution is -2.44. The molecule has 5 heterocycles. The van der Waals surface area contributed by atoms with Gasteiger partial charge in [0.2, 0.25) is 0 Å². The van der Waals surface area contributed by atoms with Gasteiger partial charge in [-0.25, -0.2) is 9.97 Å². The molecule has 0 spiro atoms. The molecule has 8 heteroatoms. The molecule has 166 valence electrons. The number of rotatable bonds is 3. The number of nitrogens with one attached hydrogen (secondary N) is 1. The van der Waals surface area contributed by atoms with E-state index in [0.29, 0.717) is 0 Å². The normalized spacial score (nSPS) is 23.4. The Kier molecular flexibility index (Phi) is 5.08. The number of likely N-dealkylation sites (tertiary alicyclic amines) is 1. The van der Waals surface area contributed by atoms with E-state index in [4.69, 9.17) is 9.97 Å². The molecule has 3 aromatic heterocycles. The number of thiazole rings is 1. The number of para-hydroxylation sites is 1. The summed E-state index contributed by atoms with van der Waals surface area (Å²) < 4.78 is 1.21. The molecular formula is C24H29N7S. The number of hydrogen-bond donors (Lipinski definition) is 1. The molecule has 0 radical (unpaired) electrons. The summed E-state index contributed by atoms with van der Waals surface area (Å²) in [5.41, 5.74) is 7.56. The number of aromatic nitrogens is 4. The van der Waals surface area contributed by atoms with E-state index in [1.54, 1.807) is 11.3 Å². The molecule has 1 N–H and O–H groups in total. The van der Waals surface area contributed by atoms with Gasteiger partial charge in [0.05, 0.1) is 39.2 Å². The van der Waals surface area contributed by atoms with Gasteiger partial charge in [-0.05, 0) is 51.6 Å². The van der Waals surface area contributed by atoms with Crippen LogP contribution in [0.4, 0.5) is 5.69 Å². The van der Waals surface area contributed by atoms with Crippen molar-refractivity contribution in [3.8, 4) is 0 Å². The largest absolute Gasteiger partial charge is 0.367 e. The number of hydrogen-bond acceptors (Lipinski definition) is 7. The predicted octanol–water partition coefficient (Wildman–Crippen LogP) is 4.22. The molecule has 2 unspecified atom stereocenters. The molecule has 0 aliphatic carbocycles. The second-order valence-electron chi connectivity index (χ2n) is 9.11. The molecule has 2 aliphatic heterocycles. The van der Waals surface area contributed by atoms with Crippen molar-refractivity contribution in [3.05, 3.63) is 47.5 Å². The highest BCUT2D eigenvalue weighted by atomic mass is 32.1. The van der Waals surface area contributed by atoms with Gasteiger partial charge in [-0.15, -0.1) is 11.3 Å². The first-order valence-corrected chi connectivity index (χ1v) is 12.4. The Bertz CT molecular complexity index is 1240. The smallest absolute Gasteiger partial charge is 0.124 e. The van der Waals surface area contributed by atoms with Crippen molar-refractivity contribution >= 4 is 38.3 Å². The Morgan fingerprint density at radius 2 is 1.81 bits per heavy atom. The van der Waals surface area contributed by atoms with Crippen LogP contribution < -0.4 is 4.90 Å². The van der Waals surface area contributed by atoms with Crippen molar-refractivity contribution in [1.29, 1.82) is 0 Å². The lowest BCUT2D eigenvalue weighted by Gasteiger charge is -2.38. The number of aromatic amines is 1. The van der Waals surface area contributed by atoms with E-state index in [-0.39, 0.29) is 12.1 Å². The fourth-order valence-electron chi connectivity index (χ4n) is 5.34. The van der Waals surface area contributed by atoms with E-state index in [9.17, 15) is 0 Å². The van der Waals surface area contributed by atoms with Crippen molar-refractivity contribution < 1.29 is 0 Å². The van der Waals surface area contributed by atoms with Gasteiger partial charge in [-0.2, -0.15) is 0 Å². The Balaban J connectivity index is 1.33. The van der Waals surface area contributed by atoms with Crippen LogP contribution >= 0.6 is 11.3 Å². The highest BCUT2D eigenvalue weighted by Crippen LogP contribution is 2.41. The van der Waals surface area contributed by atoms with Gasteiger partial charge in [0.1, 0.15) is 16.9 Å². The average molecular weight is 448 g/mol. The topological polar surface area (TPSA) is 64.2 Å². The van der Waals surface area contributed by atoms with E-state index in [1.807, 2.05) is 11.7 Å². The monoisotopic (exact) mass is 447 g/mol. The lowest BCUT2D eigenvalue weighted by atomic mass is 9.93. The third kappa shape index (κ3) is 3.37. The summed E-state index contributed by atoms with van der Waals surface area (Å²) in [7, 11) is 4.41. The maximum atomic E-state index is 5.17. The molecule has 32 heavy (non-hydrogen) atoms. The first kappa shape index (κ1) is 20.1. The fourth-order valence-corrected chi connectivity index (χ4v) is 6.02. The number of imidazole rings is 1. The first-order chi connectivity index (χ1) is 15.7. The standard InChI is InChI=1S/C24H29N7S/c1-29-11-13-31(14-12-29)18-7-3-5-16-21(18)28-24(27-16)19-8-4-6-17(30(19)2)22-23-20(9-10-25-22)32-15-26-23/h3,5,7,9-10,15,17,19H,4,6,8,11-14H2,1-2H3,(H,27,28). The quantitative estimate of drug-likeness (QED) is 0.507. The maximum Gasteiger partial charge on any atom is 0.124 e. The molecule has 0 saturated carbocycles. The number of pyridine rings is 1. The van der Waals surface area contributed by atoms with Crippen LogP contribution in [-0.4, -0.2) is 70.0 Å². The molecule has 7 nitrogen and oxygen atoms in total. The Labute approximate surface area is 192 Å². The number of benzene rings is 1. The third-order valence-corrected chi connectivity index (χ3v) is 7.99. The van der Waals surface area contributed by atoms with Gasteiger partial charge < -0.3 is 14.8 Å². The minimum Gasteiger partial charge on any atom is -0.367 e. The second kappa shape index (κ2) is 8.10. The van der Waals surface area contributed by atoms with Gasteiger partial charge in [0, 0.05) is 32.4 Å². The van der Waals surface area contributed by atoms with Gasteiger partial charge in [0.15, 0.2) is 0 Å². The zero-order chi connectivity index (χ0) is 21.7. The molecule has 4 aromatic rings. The Hall–Kier alpha value is -2.55. The highest BCUT2D eigenvalue weighted by Gasteiger charge is 2.34. The summed E-state index contributed by atoms with van der Waals surface area (Å²) in [6.07, 6.45) is 5.29. The number of anilines is 1. The minimum absolute atomic E-state index is 0.247. The summed E-state index contributed by atoms with van der Waals surface area (Å²) in [6.45, 7) is 4.28. The highest BCUT2D eigenvalue weighted by molar-refractivity contribution is 7.16. The second-order valence-corrected chi connectivity index (χ2v) is 10.00. The number of likely N-dealkylation sites (N-methyl/N-ethyl adjacent to an activating group) is 1. The lowest BCUT2D eigenvalue weighted by molar-refractivity contribution is 0.108. The van der Waals surface area contributed by atoms with E-state index in [2.05, 4.69) is 63.0 Å². The van der Waals surface area contributed by atoms with Crippen LogP contribution in [0.25, 0.3) is 21.3 Å². The van der Waals surface area contributed by atoms with Crippen LogP contribution in [0, 0.1) is 0 Å². The minimum atomic E-state index is 0.247. The van der Waals surface area contributed by atoms with Gasteiger partial charge in [-0.1, -0.05) is 6.07 Å². The van der Waals surface area contributed by atoms with Crippen molar-refractivity contribution in [2.24, 2.45) is 0 Å². The van der Waals surface area contributed by atoms with Gasteiger partial charge in [0.25, 0.3) is 0 Å². The van der Waals surface area contributed by atoms with Crippen LogP contribution in [0.3, 0.4) is 0 Å². The summed E-state index contributed by atoms with van der Waals surface area (Å²) in [4.78, 5) is 25.6. The molecule has 6 rings (SSSR count). The maximum absolute atomic E-state index is 5.17. The van der Waals surface area contributed by atoms with Crippen LogP contribution in [0.5, 0.6) is 0 Å². The fraction of sp³-hybridized carbons (Fsp3) is 0.458. The first-order valence-electron chi connectivity index (χ1n) is 11.5. The van der Waals surface area contributed by atoms with Crippen molar-refractivity contribution in [1.82, 2.24) is 29.7 Å². The molecule has 2 saturated heterocycles. The van der Waals surface area contributed by atoms with Crippen LogP contribution in [0.1, 0.15) is 42.9 Å². The van der Waals surface area contributed by atoms with Crippen LogP contribution in [0.15, 0.2) is 36.0 Å². The summed E-state index contributed by atoms with van der Waals surface area (Å²) >= 11 is 1.69. The molecule has 0 amide bonds.